The SMILES string of the molecule is C=CCN(CC=C)C(=O)C(C(=O)c1ccc(Br)cc1)n1ccccc1=O. The molecular formula is C20H19BrN2O3. The number of hydrogen-bond acceptors (Lipinski definition) is 3. The quantitative estimate of drug-likeness (QED) is 0.378. The molecule has 0 N–H and O–H groups in total. The minimum absolute atomic E-state index is 0.247. The average Bonchev–Trinajstić information content (AvgIpc) is 2.63. The van der Waals surface area contributed by atoms with E-state index in [0.717, 1.165) is 9.04 Å². The second-order valence-electron chi connectivity index (χ2n) is 5.54. The van der Waals surface area contributed by atoms with Gasteiger partial charge < -0.3 is 4.90 Å². The Morgan fingerprint density at radius 1 is 1.08 bits per heavy atom. The fourth-order valence-electron chi connectivity index (χ4n) is 2.52. The van der Waals surface area contributed by atoms with Crippen LogP contribution < -0.4 is 5.56 Å². The van der Waals surface area contributed by atoms with E-state index < -0.39 is 23.3 Å². The van der Waals surface area contributed by atoms with Crippen molar-refractivity contribution in [2.45, 2.75) is 6.04 Å². The molecule has 134 valence electrons. The van der Waals surface area contributed by atoms with Crippen molar-refractivity contribution in [1.82, 2.24) is 9.47 Å². The van der Waals surface area contributed by atoms with E-state index in [1.54, 1.807) is 48.6 Å². The standard InChI is InChI=1S/C20H19BrN2O3/c1-3-12-22(13-4-2)20(26)18(23-14-6-5-7-17(23)24)19(25)15-8-10-16(21)11-9-15/h3-11,14,18H,1-2,12-13H2. The molecule has 0 fully saturated rings. The lowest BCUT2D eigenvalue weighted by Crippen LogP contribution is -2.43. The zero-order valence-corrected chi connectivity index (χ0v) is 15.8. The van der Waals surface area contributed by atoms with Crippen molar-refractivity contribution in [3.63, 3.8) is 0 Å². The normalized spacial score (nSPS) is 11.4. The first-order valence-corrected chi connectivity index (χ1v) is 8.76. The topological polar surface area (TPSA) is 59.4 Å². The van der Waals surface area contributed by atoms with E-state index in [2.05, 4.69) is 29.1 Å². The van der Waals surface area contributed by atoms with E-state index >= 15 is 0 Å². The van der Waals surface area contributed by atoms with Gasteiger partial charge in [-0.05, 0) is 18.2 Å². The molecule has 0 bridgehead atoms. The van der Waals surface area contributed by atoms with Gasteiger partial charge >= 0.3 is 0 Å². The second kappa shape index (κ2) is 9.10. The Morgan fingerprint density at radius 3 is 2.23 bits per heavy atom. The molecule has 5 nitrogen and oxygen atoms in total. The summed E-state index contributed by atoms with van der Waals surface area (Å²) in [5.41, 5.74) is -0.0760. The number of carbonyl (C=O) groups is 2. The molecule has 1 amide bonds. The van der Waals surface area contributed by atoms with Crippen LogP contribution in [0.2, 0.25) is 0 Å². The summed E-state index contributed by atoms with van der Waals surface area (Å²) in [7, 11) is 0. The average molecular weight is 415 g/mol. The van der Waals surface area contributed by atoms with Crippen molar-refractivity contribution in [3.05, 3.63) is 94.4 Å². The van der Waals surface area contributed by atoms with E-state index in [9.17, 15) is 14.4 Å². The molecule has 1 heterocycles. The first-order valence-electron chi connectivity index (χ1n) is 7.97. The fraction of sp³-hybridized carbons (Fsp3) is 0.150. The zero-order valence-electron chi connectivity index (χ0n) is 14.2. The molecule has 0 spiro atoms. The van der Waals surface area contributed by atoms with Crippen molar-refractivity contribution < 1.29 is 9.59 Å². The molecule has 1 aromatic carbocycles. The molecule has 0 saturated heterocycles. The number of nitrogens with zero attached hydrogens (tertiary/aromatic N) is 2. The van der Waals surface area contributed by atoms with Crippen LogP contribution in [0.1, 0.15) is 16.4 Å². The summed E-state index contributed by atoms with van der Waals surface area (Å²) in [6.45, 7) is 7.77. The molecule has 26 heavy (non-hydrogen) atoms. The van der Waals surface area contributed by atoms with Crippen LogP contribution in [0.5, 0.6) is 0 Å². The Morgan fingerprint density at radius 2 is 1.69 bits per heavy atom. The van der Waals surface area contributed by atoms with Gasteiger partial charge in [-0.1, -0.05) is 46.3 Å². The van der Waals surface area contributed by atoms with Gasteiger partial charge in [-0.25, -0.2) is 0 Å². The van der Waals surface area contributed by atoms with Crippen molar-refractivity contribution in [3.8, 4) is 0 Å². The number of aromatic nitrogens is 1. The van der Waals surface area contributed by atoms with E-state index in [4.69, 9.17) is 0 Å². The number of halogens is 1. The lowest BCUT2D eigenvalue weighted by atomic mass is 10.0. The smallest absolute Gasteiger partial charge is 0.254 e. The minimum atomic E-state index is -1.29. The van der Waals surface area contributed by atoms with E-state index in [-0.39, 0.29) is 13.1 Å². The van der Waals surface area contributed by atoms with Crippen LogP contribution in [0, 0.1) is 0 Å². The third-order valence-corrected chi connectivity index (χ3v) is 4.28. The van der Waals surface area contributed by atoms with Crippen molar-refractivity contribution >= 4 is 27.6 Å². The third kappa shape index (κ3) is 4.46. The number of rotatable bonds is 8. The number of Topliss-reactive ketones (excluding diaryl/α,β-unsaturated/α-hetero) is 1. The van der Waals surface area contributed by atoms with E-state index in [0.29, 0.717) is 5.56 Å². The predicted octanol–water partition coefficient (Wildman–Crippen LogP) is 3.24. The van der Waals surface area contributed by atoms with Gasteiger partial charge in [-0.2, -0.15) is 0 Å². The molecule has 0 saturated carbocycles. The molecule has 1 unspecified atom stereocenters. The summed E-state index contributed by atoms with van der Waals surface area (Å²) in [5.74, 6) is -0.931. The Bertz CT molecular complexity index is 861. The summed E-state index contributed by atoms with van der Waals surface area (Å²) in [6, 6.07) is 9.88. The Hall–Kier alpha value is -2.73. The van der Waals surface area contributed by atoms with Gasteiger partial charge in [-0.3, -0.25) is 19.0 Å². The van der Waals surface area contributed by atoms with Crippen LogP contribution in [0.15, 0.2) is 83.2 Å². The predicted molar refractivity (Wildman–Crippen MR) is 105 cm³/mol. The van der Waals surface area contributed by atoms with Gasteiger partial charge in [0.05, 0.1) is 0 Å². The first-order chi connectivity index (χ1) is 12.5. The van der Waals surface area contributed by atoms with Crippen LogP contribution in [0.3, 0.4) is 0 Å². The van der Waals surface area contributed by atoms with Crippen molar-refractivity contribution in [1.29, 1.82) is 0 Å². The maximum absolute atomic E-state index is 13.1. The van der Waals surface area contributed by atoms with Gasteiger partial charge in [-0.15, -0.1) is 13.2 Å². The molecule has 2 aromatic rings. The zero-order chi connectivity index (χ0) is 19.1. The minimum Gasteiger partial charge on any atom is -0.333 e. The monoisotopic (exact) mass is 414 g/mol. The molecule has 1 atom stereocenters. The number of benzene rings is 1. The molecular weight excluding hydrogens is 396 g/mol. The van der Waals surface area contributed by atoms with Gasteiger partial charge in [0.2, 0.25) is 0 Å². The second-order valence-corrected chi connectivity index (χ2v) is 6.46. The summed E-state index contributed by atoms with van der Waals surface area (Å²) < 4.78 is 1.97. The highest BCUT2D eigenvalue weighted by molar-refractivity contribution is 9.10. The molecule has 0 aliphatic carbocycles. The molecule has 6 heteroatoms. The maximum atomic E-state index is 13.1. The Kier molecular flexibility index (Phi) is 6.86. The van der Waals surface area contributed by atoms with Crippen molar-refractivity contribution in [2.75, 3.05) is 13.1 Å². The highest BCUT2D eigenvalue weighted by Gasteiger charge is 2.32. The Balaban J connectivity index is 2.53. The summed E-state index contributed by atoms with van der Waals surface area (Å²) >= 11 is 3.32. The van der Waals surface area contributed by atoms with Crippen LogP contribution in [-0.2, 0) is 4.79 Å². The van der Waals surface area contributed by atoms with E-state index in [1.807, 2.05) is 0 Å². The fourth-order valence-corrected chi connectivity index (χ4v) is 2.79. The van der Waals surface area contributed by atoms with Crippen LogP contribution >= 0.6 is 15.9 Å². The van der Waals surface area contributed by atoms with Crippen LogP contribution in [0.4, 0.5) is 0 Å². The van der Waals surface area contributed by atoms with Crippen LogP contribution in [0.25, 0.3) is 0 Å². The van der Waals surface area contributed by atoms with Gasteiger partial charge in [0.25, 0.3) is 11.5 Å². The molecule has 0 aliphatic rings. The van der Waals surface area contributed by atoms with Crippen molar-refractivity contribution in [2.24, 2.45) is 0 Å². The van der Waals surface area contributed by atoms with E-state index in [1.165, 1.54) is 17.2 Å². The lowest BCUT2D eigenvalue weighted by Gasteiger charge is -2.26. The van der Waals surface area contributed by atoms with Gasteiger partial charge in [0.15, 0.2) is 11.8 Å². The first kappa shape index (κ1) is 19.6. The highest BCUT2D eigenvalue weighted by Crippen LogP contribution is 2.19. The largest absolute Gasteiger partial charge is 0.333 e. The summed E-state index contributed by atoms with van der Waals surface area (Å²) in [4.78, 5) is 39.9. The number of hydrogen-bond donors (Lipinski definition) is 0. The summed E-state index contributed by atoms with van der Waals surface area (Å²) in [5, 5.41) is 0. The lowest BCUT2D eigenvalue weighted by molar-refractivity contribution is -0.132. The van der Waals surface area contributed by atoms with Crippen LogP contribution in [-0.4, -0.2) is 34.2 Å². The Labute approximate surface area is 160 Å². The number of pyridine rings is 1. The van der Waals surface area contributed by atoms with Gasteiger partial charge in [0.1, 0.15) is 0 Å². The molecule has 1 aromatic heterocycles. The molecule has 2 rings (SSSR count). The summed E-state index contributed by atoms with van der Waals surface area (Å²) in [6.07, 6.45) is 4.58. The number of ketones is 1. The maximum Gasteiger partial charge on any atom is 0.254 e. The third-order valence-electron chi connectivity index (χ3n) is 3.75. The highest BCUT2D eigenvalue weighted by atomic mass is 79.9. The molecule has 0 radical (unpaired) electrons. The van der Waals surface area contributed by atoms with Gasteiger partial charge in [0, 0.05) is 35.4 Å². The number of amides is 1. The molecule has 0 aliphatic heterocycles. The number of carbonyl (C=O) groups excluding carboxylic acids is 2.